The lowest BCUT2D eigenvalue weighted by atomic mass is 10.2. The molecule has 0 spiro atoms. The highest BCUT2D eigenvalue weighted by molar-refractivity contribution is 6.30. The van der Waals surface area contributed by atoms with Crippen molar-refractivity contribution in [1.29, 1.82) is 5.26 Å². The minimum absolute atomic E-state index is 0.630. The second kappa shape index (κ2) is 5.73. The molecule has 0 N–H and O–H groups in total. The van der Waals surface area contributed by atoms with Crippen molar-refractivity contribution in [2.75, 3.05) is 11.9 Å². The smallest absolute Gasteiger partial charge is 0.130 e. The van der Waals surface area contributed by atoms with Crippen molar-refractivity contribution in [2.24, 2.45) is 0 Å². The molecule has 0 atom stereocenters. The minimum atomic E-state index is 0.630. The van der Waals surface area contributed by atoms with Gasteiger partial charge in [-0.1, -0.05) is 23.7 Å². The Balaban J connectivity index is 2.20. The van der Waals surface area contributed by atoms with Gasteiger partial charge in [-0.05, 0) is 36.8 Å². The largest absolute Gasteiger partial charge is 0.355 e. The number of anilines is 1. The highest BCUT2D eigenvalue weighted by Gasteiger charge is 2.06. The van der Waals surface area contributed by atoms with Crippen LogP contribution in [0, 0.1) is 18.3 Å². The van der Waals surface area contributed by atoms with E-state index in [-0.39, 0.29) is 0 Å². The maximum absolute atomic E-state index is 8.98. The fourth-order valence-corrected chi connectivity index (χ4v) is 1.98. The first-order valence-electron chi connectivity index (χ1n) is 5.93. The molecule has 1 aromatic carbocycles. The molecule has 0 unspecified atom stereocenters. The van der Waals surface area contributed by atoms with Crippen LogP contribution >= 0.6 is 11.6 Å². The molecule has 0 aliphatic rings. The van der Waals surface area contributed by atoms with E-state index in [1.54, 1.807) is 12.1 Å². The highest BCUT2D eigenvalue weighted by atomic mass is 35.5. The van der Waals surface area contributed by atoms with Crippen LogP contribution in [0.2, 0.25) is 5.02 Å². The van der Waals surface area contributed by atoms with Crippen LogP contribution in [-0.4, -0.2) is 12.0 Å². The SMILES string of the molecule is Cc1cc(C#N)cc(N(C)Cc2ccc(Cl)cc2)n1. The van der Waals surface area contributed by atoms with Crippen LogP contribution in [0.1, 0.15) is 16.8 Å². The van der Waals surface area contributed by atoms with Gasteiger partial charge in [0.25, 0.3) is 0 Å². The molecule has 19 heavy (non-hydrogen) atoms. The molecule has 0 radical (unpaired) electrons. The van der Waals surface area contributed by atoms with E-state index in [1.165, 1.54) is 0 Å². The van der Waals surface area contributed by atoms with Gasteiger partial charge in [-0.25, -0.2) is 4.98 Å². The number of rotatable bonds is 3. The van der Waals surface area contributed by atoms with Crippen molar-refractivity contribution < 1.29 is 0 Å². The van der Waals surface area contributed by atoms with E-state index in [1.807, 2.05) is 43.1 Å². The van der Waals surface area contributed by atoms with Crippen LogP contribution in [0.25, 0.3) is 0 Å². The van der Waals surface area contributed by atoms with E-state index in [2.05, 4.69) is 11.1 Å². The quantitative estimate of drug-likeness (QED) is 0.857. The summed E-state index contributed by atoms with van der Waals surface area (Å²) in [5, 5.41) is 9.71. The number of benzene rings is 1. The second-order valence-electron chi connectivity index (χ2n) is 4.45. The zero-order valence-electron chi connectivity index (χ0n) is 10.9. The summed E-state index contributed by atoms with van der Waals surface area (Å²) in [6.07, 6.45) is 0. The molecular formula is C15H14ClN3. The van der Waals surface area contributed by atoms with E-state index in [4.69, 9.17) is 16.9 Å². The number of nitrogens with zero attached hydrogens (tertiary/aromatic N) is 3. The summed E-state index contributed by atoms with van der Waals surface area (Å²) in [5.74, 6) is 0.798. The number of aromatic nitrogens is 1. The van der Waals surface area contributed by atoms with Crippen molar-refractivity contribution >= 4 is 17.4 Å². The number of hydrogen-bond donors (Lipinski definition) is 0. The van der Waals surface area contributed by atoms with Gasteiger partial charge in [0.2, 0.25) is 0 Å². The van der Waals surface area contributed by atoms with Gasteiger partial charge in [-0.15, -0.1) is 0 Å². The lowest BCUT2D eigenvalue weighted by molar-refractivity contribution is 0.891. The number of aryl methyl sites for hydroxylation is 1. The molecule has 0 amide bonds. The highest BCUT2D eigenvalue weighted by Crippen LogP contribution is 2.17. The van der Waals surface area contributed by atoms with E-state index in [0.717, 1.165) is 28.6 Å². The molecule has 2 rings (SSSR count). The molecule has 1 aromatic heterocycles. The first-order valence-corrected chi connectivity index (χ1v) is 6.30. The summed E-state index contributed by atoms with van der Waals surface area (Å²) in [4.78, 5) is 6.46. The Kier molecular flexibility index (Phi) is 4.03. The summed E-state index contributed by atoms with van der Waals surface area (Å²) in [5.41, 5.74) is 2.62. The molecule has 1 heterocycles. The summed E-state index contributed by atoms with van der Waals surface area (Å²) in [7, 11) is 1.96. The number of halogens is 1. The Hall–Kier alpha value is -2.05. The first kappa shape index (κ1) is 13.4. The molecule has 2 aromatic rings. The molecule has 0 fully saturated rings. The molecule has 0 aliphatic carbocycles. The molecule has 0 saturated carbocycles. The van der Waals surface area contributed by atoms with Crippen molar-refractivity contribution in [2.45, 2.75) is 13.5 Å². The minimum Gasteiger partial charge on any atom is -0.355 e. The van der Waals surface area contributed by atoms with Crippen LogP contribution in [0.4, 0.5) is 5.82 Å². The molecule has 0 saturated heterocycles. The van der Waals surface area contributed by atoms with Gasteiger partial charge in [-0.3, -0.25) is 0 Å². The predicted octanol–water partition coefficient (Wildman–Crippen LogP) is 3.55. The Morgan fingerprint density at radius 1 is 1.26 bits per heavy atom. The number of nitriles is 1. The third-order valence-electron chi connectivity index (χ3n) is 2.79. The molecular weight excluding hydrogens is 258 g/mol. The Morgan fingerprint density at radius 2 is 1.95 bits per heavy atom. The van der Waals surface area contributed by atoms with E-state index in [9.17, 15) is 0 Å². The first-order chi connectivity index (χ1) is 9.08. The van der Waals surface area contributed by atoms with Gasteiger partial charge in [0, 0.05) is 24.3 Å². The van der Waals surface area contributed by atoms with Gasteiger partial charge in [0.1, 0.15) is 5.82 Å². The molecule has 96 valence electrons. The zero-order chi connectivity index (χ0) is 13.8. The summed E-state index contributed by atoms with van der Waals surface area (Å²) in [6, 6.07) is 13.4. The Bertz CT molecular complexity index is 614. The average molecular weight is 272 g/mol. The maximum Gasteiger partial charge on any atom is 0.130 e. The lowest BCUT2D eigenvalue weighted by Gasteiger charge is -2.19. The van der Waals surface area contributed by atoms with Gasteiger partial charge >= 0.3 is 0 Å². The van der Waals surface area contributed by atoms with Crippen LogP contribution < -0.4 is 4.90 Å². The van der Waals surface area contributed by atoms with E-state index < -0.39 is 0 Å². The van der Waals surface area contributed by atoms with Crippen molar-refractivity contribution in [3.8, 4) is 6.07 Å². The Morgan fingerprint density at radius 3 is 2.58 bits per heavy atom. The third-order valence-corrected chi connectivity index (χ3v) is 3.05. The summed E-state index contributed by atoms with van der Waals surface area (Å²) >= 11 is 5.86. The van der Waals surface area contributed by atoms with Crippen LogP contribution in [0.3, 0.4) is 0 Å². The third kappa shape index (κ3) is 3.46. The second-order valence-corrected chi connectivity index (χ2v) is 4.89. The van der Waals surface area contributed by atoms with Gasteiger partial charge in [0.05, 0.1) is 11.6 Å². The normalized spacial score (nSPS) is 10.0. The van der Waals surface area contributed by atoms with Gasteiger partial charge < -0.3 is 4.90 Å². The number of pyridine rings is 1. The standard InChI is InChI=1S/C15H14ClN3/c1-11-7-13(9-17)8-15(18-11)19(2)10-12-3-5-14(16)6-4-12/h3-8H,10H2,1-2H3. The van der Waals surface area contributed by atoms with Crippen LogP contribution in [0.5, 0.6) is 0 Å². The van der Waals surface area contributed by atoms with Crippen molar-refractivity contribution in [3.05, 3.63) is 58.2 Å². The monoisotopic (exact) mass is 271 g/mol. The maximum atomic E-state index is 8.98. The lowest BCUT2D eigenvalue weighted by Crippen LogP contribution is -2.18. The van der Waals surface area contributed by atoms with Gasteiger partial charge in [0.15, 0.2) is 0 Å². The predicted molar refractivity (Wildman–Crippen MR) is 77.2 cm³/mol. The fourth-order valence-electron chi connectivity index (χ4n) is 1.86. The molecule has 0 aliphatic heterocycles. The zero-order valence-corrected chi connectivity index (χ0v) is 11.6. The van der Waals surface area contributed by atoms with Crippen molar-refractivity contribution in [1.82, 2.24) is 4.98 Å². The average Bonchev–Trinajstić information content (AvgIpc) is 2.40. The summed E-state index contributed by atoms with van der Waals surface area (Å²) < 4.78 is 0. The van der Waals surface area contributed by atoms with E-state index in [0.29, 0.717) is 5.56 Å². The fraction of sp³-hybridized carbons (Fsp3) is 0.200. The molecule has 3 nitrogen and oxygen atoms in total. The Labute approximate surface area is 118 Å². The van der Waals surface area contributed by atoms with E-state index >= 15 is 0 Å². The van der Waals surface area contributed by atoms with Crippen LogP contribution in [0.15, 0.2) is 36.4 Å². The van der Waals surface area contributed by atoms with Gasteiger partial charge in [-0.2, -0.15) is 5.26 Å². The summed E-state index contributed by atoms with van der Waals surface area (Å²) in [6.45, 7) is 2.61. The molecule has 0 bridgehead atoms. The van der Waals surface area contributed by atoms with Crippen LogP contribution in [-0.2, 0) is 6.54 Å². The topological polar surface area (TPSA) is 39.9 Å². The molecule has 4 heteroatoms. The van der Waals surface area contributed by atoms with Crippen molar-refractivity contribution in [3.63, 3.8) is 0 Å². The number of hydrogen-bond acceptors (Lipinski definition) is 3.